The number of rotatable bonds is 7. The maximum atomic E-state index is 15.0. The molecule has 0 aliphatic carbocycles. The molecule has 4 aromatic rings. The first-order valence-electron chi connectivity index (χ1n) is 13.4. The molecule has 14 heteroatoms. The number of aryl methyl sites for hydroxylation is 3. The molecule has 0 saturated carbocycles. The number of aliphatic imine (C=N–C) groups is 1. The zero-order valence-corrected chi connectivity index (χ0v) is 24.6. The van der Waals surface area contributed by atoms with Gasteiger partial charge in [0.2, 0.25) is 6.30 Å². The second-order valence-corrected chi connectivity index (χ2v) is 11.1. The number of nitrogens with zero attached hydrogens (tertiary/aromatic N) is 5. The highest BCUT2D eigenvalue weighted by molar-refractivity contribution is 8.14. The highest BCUT2D eigenvalue weighted by atomic mass is 32.2. The van der Waals surface area contributed by atoms with E-state index < -0.39 is 24.9 Å². The third kappa shape index (κ3) is 7.18. The largest absolute Gasteiger partial charge is 0.573 e. The summed E-state index contributed by atoms with van der Waals surface area (Å²) in [4.78, 5) is 22.7. The third-order valence-electron chi connectivity index (χ3n) is 6.71. The Hall–Kier alpha value is -4.46. The zero-order chi connectivity index (χ0) is 31.6. The number of thioether (sulfide) groups is 1. The van der Waals surface area contributed by atoms with Crippen molar-refractivity contribution in [3.8, 4) is 22.8 Å². The average molecular weight is 631 g/mol. The summed E-state index contributed by atoms with van der Waals surface area (Å²) in [5, 5.41) is 6.70. The second kappa shape index (κ2) is 12.6. The normalized spacial score (nSPS) is 15.8. The van der Waals surface area contributed by atoms with Crippen LogP contribution in [0.4, 0.5) is 32.4 Å². The number of alkyl halides is 5. The predicted molar refractivity (Wildman–Crippen MR) is 159 cm³/mol. The first-order valence-corrected chi connectivity index (χ1v) is 14.4. The summed E-state index contributed by atoms with van der Waals surface area (Å²) < 4.78 is 72.2. The SMILES string of the molecule is Cc1cc(C)c(N2CCS/C2=N\C(=O)NC(F)C(F)c2ccc(-c3ncn(-c4ccc(OC(F)(F)F)cc4)n3)cc2)c(C)c1. The molecule has 1 aliphatic heterocycles. The molecule has 2 amide bonds. The molecule has 2 heterocycles. The van der Waals surface area contributed by atoms with Gasteiger partial charge in [-0.2, -0.15) is 4.99 Å². The Morgan fingerprint density at radius 1 is 1.02 bits per heavy atom. The number of anilines is 1. The van der Waals surface area contributed by atoms with Crippen LogP contribution in [0.25, 0.3) is 17.1 Å². The van der Waals surface area contributed by atoms with Gasteiger partial charge in [-0.3, -0.25) is 0 Å². The number of amides is 2. The van der Waals surface area contributed by atoms with Gasteiger partial charge in [0.1, 0.15) is 12.1 Å². The standard InChI is InChI=1S/C30H27F5N6O2S/c1-17-14-18(2)25(19(3)15-17)40-12-13-44-29(40)38-28(42)37-26(32)24(31)20-4-6-21(7-5-20)27-36-16-41(39-27)22-8-10-23(11-9-22)43-30(33,34)35/h4-11,14-16,24,26H,12-13H2,1-3H3,(H,37,42)/b38-29-. The van der Waals surface area contributed by atoms with Crippen molar-refractivity contribution in [2.24, 2.45) is 4.99 Å². The van der Waals surface area contributed by atoms with Gasteiger partial charge in [-0.15, -0.1) is 18.3 Å². The summed E-state index contributed by atoms with van der Waals surface area (Å²) >= 11 is 1.37. The minimum atomic E-state index is -4.80. The summed E-state index contributed by atoms with van der Waals surface area (Å²) in [5.74, 6) is 0.576. The van der Waals surface area contributed by atoms with Crippen LogP contribution in [0.3, 0.4) is 0 Å². The zero-order valence-electron chi connectivity index (χ0n) is 23.8. The molecule has 1 saturated heterocycles. The Morgan fingerprint density at radius 3 is 2.32 bits per heavy atom. The smallest absolute Gasteiger partial charge is 0.406 e. The Bertz CT molecular complexity index is 1650. The number of amidine groups is 1. The summed E-state index contributed by atoms with van der Waals surface area (Å²) in [5.41, 5.74) is 5.03. The van der Waals surface area contributed by atoms with Crippen LogP contribution in [0.5, 0.6) is 5.75 Å². The Kier molecular flexibility index (Phi) is 8.90. The molecule has 230 valence electrons. The number of aromatic nitrogens is 3. The van der Waals surface area contributed by atoms with Gasteiger partial charge in [-0.1, -0.05) is 53.7 Å². The number of carbonyl (C=O) groups excluding carboxylic acids is 1. The lowest BCUT2D eigenvalue weighted by Crippen LogP contribution is -2.34. The van der Waals surface area contributed by atoms with E-state index in [-0.39, 0.29) is 17.1 Å². The highest BCUT2D eigenvalue weighted by Crippen LogP contribution is 2.33. The fourth-order valence-corrected chi connectivity index (χ4v) is 5.86. The number of carbonyl (C=O) groups is 1. The van der Waals surface area contributed by atoms with E-state index >= 15 is 4.39 Å². The molecular formula is C30H27F5N6O2S. The van der Waals surface area contributed by atoms with E-state index in [1.807, 2.05) is 43.1 Å². The van der Waals surface area contributed by atoms with Crippen molar-refractivity contribution in [2.45, 2.75) is 39.6 Å². The fourth-order valence-electron chi connectivity index (χ4n) is 4.92. The van der Waals surface area contributed by atoms with Gasteiger partial charge < -0.3 is 15.0 Å². The maximum Gasteiger partial charge on any atom is 0.573 e. The first kappa shape index (κ1) is 31.0. The van der Waals surface area contributed by atoms with Crippen molar-refractivity contribution in [1.82, 2.24) is 20.1 Å². The van der Waals surface area contributed by atoms with Gasteiger partial charge in [-0.05, 0) is 61.7 Å². The van der Waals surface area contributed by atoms with Crippen LogP contribution in [-0.2, 0) is 0 Å². The number of hydrogen-bond acceptors (Lipinski definition) is 5. The molecule has 5 rings (SSSR count). The number of halogens is 5. The van der Waals surface area contributed by atoms with Gasteiger partial charge in [0.25, 0.3) is 0 Å². The van der Waals surface area contributed by atoms with E-state index in [2.05, 4.69) is 19.8 Å². The summed E-state index contributed by atoms with van der Waals surface area (Å²) in [6, 6.07) is 13.8. The van der Waals surface area contributed by atoms with Gasteiger partial charge >= 0.3 is 12.4 Å². The summed E-state index contributed by atoms with van der Waals surface area (Å²) in [7, 11) is 0. The molecule has 1 aliphatic rings. The monoisotopic (exact) mass is 630 g/mol. The van der Waals surface area contributed by atoms with Crippen molar-refractivity contribution in [2.75, 3.05) is 17.2 Å². The van der Waals surface area contributed by atoms with Gasteiger partial charge in [0, 0.05) is 23.5 Å². The van der Waals surface area contributed by atoms with E-state index in [0.717, 1.165) is 34.5 Å². The number of benzene rings is 3. The van der Waals surface area contributed by atoms with E-state index in [9.17, 15) is 22.4 Å². The number of nitrogens with one attached hydrogen (secondary N) is 1. The molecular weight excluding hydrogens is 603 g/mol. The van der Waals surface area contributed by atoms with Crippen LogP contribution in [0, 0.1) is 20.8 Å². The lowest BCUT2D eigenvalue weighted by Gasteiger charge is -2.23. The van der Waals surface area contributed by atoms with Gasteiger partial charge in [0.05, 0.1) is 5.69 Å². The molecule has 2 atom stereocenters. The third-order valence-corrected chi connectivity index (χ3v) is 7.67. The molecule has 2 unspecified atom stereocenters. The number of ether oxygens (including phenoxy) is 1. The van der Waals surface area contributed by atoms with Crippen LogP contribution in [0.2, 0.25) is 0 Å². The summed E-state index contributed by atoms with van der Waals surface area (Å²) in [6.45, 7) is 6.60. The molecule has 0 radical (unpaired) electrons. The van der Waals surface area contributed by atoms with E-state index in [1.54, 1.807) is 0 Å². The van der Waals surface area contributed by atoms with Crippen LogP contribution < -0.4 is 15.0 Å². The predicted octanol–water partition coefficient (Wildman–Crippen LogP) is 7.38. The van der Waals surface area contributed by atoms with Crippen molar-refractivity contribution in [1.29, 1.82) is 0 Å². The van der Waals surface area contributed by atoms with E-state index in [0.29, 0.717) is 28.7 Å². The van der Waals surface area contributed by atoms with Crippen LogP contribution in [-0.4, -0.2) is 50.9 Å². The highest BCUT2D eigenvalue weighted by Gasteiger charge is 2.31. The quantitative estimate of drug-likeness (QED) is 0.169. The Morgan fingerprint density at radius 2 is 1.68 bits per heavy atom. The average Bonchev–Trinajstić information content (AvgIpc) is 3.62. The Labute approximate surface area is 254 Å². The minimum Gasteiger partial charge on any atom is -0.406 e. The van der Waals surface area contributed by atoms with Crippen LogP contribution >= 0.6 is 11.8 Å². The lowest BCUT2D eigenvalue weighted by molar-refractivity contribution is -0.274. The molecule has 0 bridgehead atoms. The van der Waals surface area contributed by atoms with Gasteiger partial charge in [0.15, 0.2) is 17.2 Å². The van der Waals surface area contributed by atoms with Crippen LogP contribution in [0.1, 0.15) is 28.4 Å². The Balaban J connectivity index is 1.21. The van der Waals surface area contributed by atoms with Gasteiger partial charge in [-0.25, -0.2) is 23.2 Å². The van der Waals surface area contributed by atoms with Crippen molar-refractivity contribution in [3.05, 3.63) is 89.2 Å². The van der Waals surface area contributed by atoms with Crippen molar-refractivity contribution >= 4 is 28.6 Å². The molecule has 1 aromatic heterocycles. The molecule has 1 fully saturated rings. The molecule has 3 aromatic carbocycles. The molecule has 8 nitrogen and oxygen atoms in total. The molecule has 0 spiro atoms. The van der Waals surface area contributed by atoms with Crippen LogP contribution in [0.15, 0.2) is 72.0 Å². The van der Waals surface area contributed by atoms with Crippen molar-refractivity contribution in [3.63, 3.8) is 0 Å². The fraction of sp³-hybridized carbons (Fsp3) is 0.267. The number of hydrogen-bond donors (Lipinski definition) is 1. The van der Waals surface area contributed by atoms with E-state index in [1.165, 1.54) is 59.2 Å². The van der Waals surface area contributed by atoms with Crippen molar-refractivity contribution < 1.29 is 31.5 Å². The molecule has 1 N–H and O–H groups in total. The second-order valence-electron chi connectivity index (χ2n) is 10.1. The first-order chi connectivity index (χ1) is 20.9. The maximum absolute atomic E-state index is 15.0. The number of urea groups is 1. The molecule has 44 heavy (non-hydrogen) atoms. The minimum absolute atomic E-state index is 0.0170. The van der Waals surface area contributed by atoms with E-state index in [4.69, 9.17) is 0 Å². The topological polar surface area (TPSA) is 84.6 Å². The lowest BCUT2D eigenvalue weighted by atomic mass is 10.0. The summed E-state index contributed by atoms with van der Waals surface area (Å²) in [6.07, 6.45) is -7.95.